The van der Waals surface area contributed by atoms with E-state index in [1.165, 1.54) is 0 Å². The zero-order valence-corrected chi connectivity index (χ0v) is 11.9. The Hall–Kier alpha value is -1.66. The standard InChI is InChI=1S/C13H18N2O3S/c1-3-18-11-6-4-10(5-7-11)12(16)15-13(19)14-8-9-17-2/h4-7H,3,8-9H2,1-2H3,(H2,14,15,16,19). The van der Waals surface area contributed by atoms with Crippen molar-refractivity contribution in [1.29, 1.82) is 0 Å². The quantitative estimate of drug-likeness (QED) is 0.609. The summed E-state index contributed by atoms with van der Waals surface area (Å²) in [6, 6.07) is 6.88. The van der Waals surface area contributed by atoms with Gasteiger partial charge in [0, 0.05) is 19.2 Å². The monoisotopic (exact) mass is 282 g/mol. The number of thiocarbonyl (C=S) groups is 1. The maximum absolute atomic E-state index is 11.8. The summed E-state index contributed by atoms with van der Waals surface area (Å²) in [6.45, 7) is 3.59. The Kier molecular flexibility index (Phi) is 6.84. The maximum atomic E-state index is 11.8. The smallest absolute Gasteiger partial charge is 0.257 e. The molecule has 0 bridgehead atoms. The van der Waals surface area contributed by atoms with E-state index in [4.69, 9.17) is 21.7 Å². The summed E-state index contributed by atoms with van der Waals surface area (Å²) in [6.07, 6.45) is 0. The van der Waals surface area contributed by atoms with E-state index >= 15 is 0 Å². The molecule has 0 saturated carbocycles. The molecule has 1 aromatic rings. The summed E-state index contributed by atoms with van der Waals surface area (Å²) >= 11 is 4.99. The third kappa shape index (κ3) is 5.67. The normalized spacial score (nSPS) is 9.79. The highest BCUT2D eigenvalue weighted by molar-refractivity contribution is 7.80. The van der Waals surface area contributed by atoms with Gasteiger partial charge in [-0.05, 0) is 43.4 Å². The first-order valence-corrected chi connectivity index (χ1v) is 6.39. The molecule has 1 amide bonds. The summed E-state index contributed by atoms with van der Waals surface area (Å²) in [4.78, 5) is 11.8. The average molecular weight is 282 g/mol. The van der Waals surface area contributed by atoms with Crippen LogP contribution in [0.5, 0.6) is 5.75 Å². The highest BCUT2D eigenvalue weighted by Crippen LogP contribution is 2.11. The molecule has 1 aromatic carbocycles. The molecule has 0 aliphatic carbocycles. The van der Waals surface area contributed by atoms with Gasteiger partial charge < -0.3 is 14.8 Å². The van der Waals surface area contributed by atoms with E-state index in [2.05, 4.69) is 10.6 Å². The lowest BCUT2D eigenvalue weighted by atomic mass is 10.2. The first-order chi connectivity index (χ1) is 9.17. The van der Waals surface area contributed by atoms with Crippen molar-refractivity contribution in [1.82, 2.24) is 10.6 Å². The number of rotatable bonds is 6. The molecule has 0 aromatic heterocycles. The number of benzene rings is 1. The van der Waals surface area contributed by atoms with Crippen LogP contribution in [0.15, 0.2) is 24.3 Å². The number of ether oxygens (including phenoxy) is 2. The van der Waals surface area contributed by atoms with E-state index in [1.54, 1.807) is 31.4 Å². The van der Waals surface area contributed by atoms with Crippen molar-refractivity contribution in [2.24, 2.45) is 0 Å². The first-order valence-electron chi connectivity index (χ1n) is 5.98. The van der Waals surface area contributed by atoms with E-state index in [0.29, 0.717) is 25.3 Å². The van der Waals surface area contributed by atoms with E-state index in [9.17, 15) is 4.79 Å². The summed E-state index contributed by atoms with van der Waals surface area (Å²) in [5, 5.41) is 5.75. The summed E-state index contributed by atoms with van der Waals surface area (Å²) in [7, 11) is 1.60. The van der Waals surface area contributed by atoms with Crippen LogP contribution in [-0.2, 0) is 4.74 Å². The van der Waals surface area contributed by atoms with Gasteiger partial charge in [-0.25, -0.2) is 0 Å². The van der Waals surface area contributed by atoms with Gasteiger partial charge in [-0.15, -0.1) is 0 Å². The summed E-state index contributed by atoms with van der Waals surface area (Å²) in [5.41, 5.74) is 0.527. The predicted octanol–water partition coefficient (Wildman–Crippen LogP) is 1.34. The van der Waals surface area contributed by atoms with Gasteiger partial charge in [-0.1, -0.05) is 0 Å². The van der Waals surface area contributed by atoms with Crippen LogP contribution < -0.4 is 15.4 Å². The van der Waals surface area contributed by atoms with Crippen molar-refractivity contribution in [3.63, 3.8) is 0 Å². The van der Waals surface area contributed by atoms with Crippen molar-refractivity contribution in [3.8, 4) is 5.75 Å². The van der Waals surface area contributed by atoms with Gasteiger partial charge in [0.2, 0.25) is 0 Å². The van der Waals surface area contributed by atoms with Crippen molar-refractivity contribution >= 4 is 23.2 Å². The molecule has 0 spiro atoms. The van der Waals surface area contributed by atoms with Gasteiger partial charge >= 0.3 is 0 Å². The van der Waals surface area contributed by atoms with Crippen LogP contribution >= 0.6 is 12.2 Å². The van der Waals surface area contributed by atoms with Crippen molar-refractivity contribution in [3.05, 3.63) is 29.8 Å². The van der Waals surface area contributed by atoms with Crippen molar-refractivity contribution in [2.75, 3.05) is 26.9 Å². The van der Waals surface area contributed by atoms with Gasteiger partial charge in [-0.3, -0.25) is 10.1 Å². The van der Waals surface area contributed by atoms with Gasteiger partial charge in [0.15, 0.2) is 5.11 Å². The minimum absolute atomic E-state index is 0.252. The molecule has 1 rings (SSSR count). The average Bonchev–Trinajstić information content (AvgIpc) is 2.40. The lowest BCUT2D eigenvalue weighted by Gasteiger charge is -2.09. The third-order valence-electron chi connectivity index (χ3n) is 2.25. The SMILES string of the molecule is CCOc1ccc(C(=O)NC(=S)NCCOC)cc1. The largest absolute Gasteiger partial charge is 0.494 e. The minimum atomic E-state index is -0.252. The van der Waals surface area contributed by atoms with Crippen molar-refractivity contribution in [2.45, 2.75) is 6.92 Å². The Balaban J connectivity index is 2.46. The van der Waals surface area contributed by atoms with Gasteiger partial charge in [0.25, 0.3) is 5.91 Å². The van der Waals surface area contributed by atoms with E-state index in [0.717, 1.165) is 5.75 Å². The molecule has 104 valence electrons. The first kappa shape index (κ1) is 15.4. The molecule has 0 fully saturated rings. The highest BCUT2D eigenvalue weighted by Gasteiger charge is 2.07. The van der Waals surface area contributed by atoms with E-state index in [1.807, 2.05) is 6.92 Å². The number of carbonyl (C=O) groups is 1. The lowest BCUT2D eigenvalue weighted by molar-refractivity contribution is 0.0976. The zero-order chi connectivity index (χ0) is 14.1. The highest BCUT2D eigenvalue weighted by atomic mass is 32.1. The van der Waals surface area contributed by atoms with Crippen LogP contribution in [0.4, 0.5) is 0 Å². The number of carbonyl (C=O) groups excluding carboxylic acids is 1. The van der Waals surface area contributed by atoms with Crippen molar-refractivity contribution < 1.29 is 14.3 Å². The van der Waals surface area contributed by atoms with E-state index < -0.39 is 0 Å². The van der Waals surface area contributed by atoms with Crippen LogP contribution in [0.1, 0.15) is 17.3 Å². The van der Waals surface area contributed by atoms with Gasteiger partial charge in [-0.2, -0.15) is 0 Å². The second-order valence-corrected chi connectivity index (χ2v) is 4.07. The zero-order valence-electron chi connectivity index (χ0n) is 11.1. The lowest BCUT2D eigenvalue weighted by Crippen LogP contribution is -2.40. The number of amides is 1. The Morgan fingerprint density at radius 3 is 2.58 bits per heavy atom. The molecule has 0 radical (unpaired) electrons. The fourth-order valence-corrected chi connectivity index (χ4v) is 1.55. The summed E-state index contributed by atoms with van der Waals surface area (Å²) in [5.74, 6) is 0.484. The molecule has 5 nitrogen and oxygen atoms in total. The van der Waals surface area contributed by atoms with Crippen LogP contribution in [0, 0.1) is 0 Å². The summed E-state index contributed by atoms with van der Waals surface area (Å²) < 4.78 is 10.2. The predicted molar refractivity (Wildman–Crippen MR) is 77.6 cm³/mol. The molecule has 0 heterocycles. The Morgan fingerprint density at radius 2 is 2.00 bits per heavy atom. The molecule has 0 saturated heterocycles. The molecular formula is C13H18N2O3S. The second-order valence-electron chi connectivity index (χ2n) is 3.66. The number of methoxy groups -OCH3 is 1. The number of hydrogen-bond acceptors (Lipinski definition) is 4. The Labute approximate surface area is 118 Å². The maximum Gasteiger partial charge on any atom is 0.257 e. The van der Waals surface area contributed by atoms with Crippen LogP contribution in [0.25, 0.3) is 0 Å². The van der Waals surface area contributed by atoms with Gasteiger partial charge in [0.1, 0.15) is 5.75 Å². The van der Waals surface area contributed by atoms with Crippen LogP contribution in [0.2, 0.25) is 0 Å². The molecule has 0 atom stereocenters. The van der Waals surface area contributed by atoms with Crippen LogP contribution in [-0.4, -0.2) is 37.9 Å². The fraction of sp³-hybridized carbons (Fsp3) is 0.385. The molecule has 0 unspecified atom stereocenters. The molecule has 19 heavy (non-hydrogen) atoms. The molecule has 2 N–H and O–H groups in total. The second kappa shape index (κ2) is 8.44. The van der Waals surface area contributed by atoms with Gasteiger partial charge in [0.05, 0.1) is 13.2 Å². The Morgan fingerprint density at radius 1 is 1.32 bits per heavy atom. The fourth-order valence-electron chi connectivity index (χ4n) is 1.36. The van der Waals surface area contributed by atoms with Crippen LogP contribution in [0.3, 0.4) is 0 Å². The minimum Gasteiger partial charge on any atom is -0.494 e. The number of nitrogens with one attached hydrogen (secondary N) is 2. The third-order valence-corrected chi connectivity index (χ3v) is 2.49. The van der Waals surface area contributed by atoms with E-state index in [-0.39, 0.29) is 11.0 Å². The Bertz CT molecular complexity index is 420. The number of hydrogen-bond donors (Lipinski definition) is 2. The molecule has 0 aliphatic heterocycles. The molecule has 6 heteroatoms. The molecule has 0 aliphatic rings. The topological polar surface area (TPSA) is 59.6 Å². The molecular weight excluding hydrogens is 264 g/mol.